The second kappa shape index (κ2) is 5.39. The van der Waals surface area contributed by atoms with Crippen LogP contribution in [0.4, 0.5) is 0 Å². The van der Waals surface area contributed by atoms with Gasteiger partial charge in [0.05, 0.1) is 0 Å². The minimum atomic E-state index is 0.353. The normalized spacial score (nSPS) is 21.3. The standard InChI is InChI=1S/C15H22N2O2/c1-11-7-14-15(19-10-18-14)8-12(11)4-6-17(2)13-3-5-16-9-13/h7-8,13,16H,3-6,9-10H2,1-2H3. The van der Waals surface area contributed by atoms with E-state index in [1.807, 2.05) is 0 Å². The number of nitrogens with one attached hydrogen (secondary N) is 1. The molecule has 0 spiro atoms. The van der Waals surface area contributed by atoms with E-state index in [2.05, 4.69) is 36.3 Å². The minimum Gasteiger partial charge on any atom is -0.454 e. The third kappa shape index (κ3) is 2.69. The fourth-order valence-electron chi connectivity index (χ4n) is 2.85. The largest absolute Gasteiger partial charge is 0.454 e. The Labute approximate surface area is 114 Å². The Morgan fingerprint density at radius 3 is 2.84 bits per heavy atom. The zero-order valence-electron chi connectivity index (χ0n) is 11.7. The Morgan fingerprint density at radius 2 is 2.11 bits per heavy atom. The fraction of sp³-hybridized carbons (Fsp3) is 0.600. The number of likely N-dealkylation sites (N-methyl/N-ethyl adjacent to an activating group) is 1. The van der Waals surface area contributed by atoms with E-state index in [0.717, 1.165) is 37.6 Å². The number of ether oxygens (including phenoxy) is 2. The summed E-state index contributed by atoms with van der Waals surface area (Å²) in [6, 6.07) is 4.92. The van der Waals surface area contributed by atoms with Crippen molar-refractivity contribution in [2.24, 2.45) is 0 Å². The lowest BCUT2D eigenvalue weighted by atomic mass is 10.0. The topological polar surface area (TPSA) is 33.7 Å². The molecule has 104 valence electrons. The predicted octanol–water partition coefficient (Wildman–Crippen LogP) is 1.56. The molecule has 0 aliphatic carbocycles. The van der Waals surface area contributed by atoms with Gasteiger partial charge in [0.1, 0.15) is 0 Å². The second-order valence-corrected chi connectivity index (χ2v) is 5.51. The third-order valence-electron chi connectivity index (χ3n) is 4.22. The van der Waals surface area contributed by atoms with E-state index in [1.54, 1.807) is 0 Å². The molecule has 1 saturated heterocycles. The molecule has 0 aromatic heterocycles. The van der Waals surface area contributed by atoms with Crippen molar-refractivity contribution >= 4 is 0 Å². The van der Waals surface area contributed by atoms with E-state index in [4.69, 9.17) is 9.47 Å². The number of fused-ring (bicyclic) bond motifs is 1. The Morgan fingerprint density at radius 1 is 1.32 bits per heavy atom. The Balaban J connectivity index is 1.63. The maximum absolute atomic E-state index is 5.45. The number of hydrogen-bond donors (Lipinski definition) is 1. The van der Waals surface area contributed by atoms with Gasteiger partial charge in [0.25, 0.3) is 0 Å². The first-order valence-corrected chi connectivity index (χ1v) is 7.04. The third-order valence-corrected chi connectivity index (χ3v) is 4.22. The quantitative estimate of drug-likeness (QED) is 0.893. The van der Waals surface area contributed by atoms with Crippen LogP contribution in [0.2, 0.25) is 0 Å². The summed E-state index contributed by atoms with van der Waals surface area (Å²) in [6.07, 6.45) is 2.33. The van der Waals surface area contributed by atoms with Crippen molar-refractivity contribution in [3.8, 4) is 11.5 Å². The molecule has 0 radical (unpaired) electrons. The Hall–Kier alpha value is -1.26. The smallest absolute Gasteiger partial charge is 0.231 e. The van der Waals surface area contributed by atoms with Crippen molar-refractivity contribution in [2.45, 2.75) is 25.8 Å². The van der Waals surface area contributed by atoms with Crippen molar-refractivity contribution < 1.29 is 9.47 Å². The minimum absolute atomic E-state index is 0.353. The van der Waals surface area contributed by atoms with Gasteiger partial charge in [-0.05, 0) is 56.6 Å². The van der Waals surface area contributed by atoms with Crippen molar-refractivity contribution in [3.63, 3.8) is 0 Å². The molecule has 0 amide bonds. The van der Waals surface area contributed by atoms with Gasteiger partial charge in [-0.2, -0.15) is 0 Å². The van der Waals surface area contributed by atoms with Crippen LogP contribution in [0.15, 0.2) is 12.1 Å². The average molecular weight is 262 g/mol. The summed E-state index contributed by atoms with van der Waals surface area (Å²) in [5.41, 5.74) is 2.66. The molecule has 3 rings (SSSR count). The molecule has 1 aromatic carbocycles. The van der Waals surface area contributed by atoms with Crippen molar-refractivity contribution in [2.75, 3.05) is 33.5 Å². The van der Waals surface area contributed by atoms with Crippen LogP contribution in [0.3, 0.4) is 0 Å². The van der Waals surface area contributed by atoms with Crippen LogP contribution in [0.5, 0.6) is 11.5 Å². The van der Waals surface area contributed by atoms with Crippen LogP contribution in [-0.4, -0.2) is 44.4 Å². The molecule has 1 aromatic rings. The van der Waals surface area contributed by atoms with Crippen LogP contribution in [0, 0.1) is 6.92 Å². The van der Waals surface area contributed by atoms with E-state index in [9.17, 15) is 0 Å². The van der Waals surface area contributed by atoms with Crippen LogP contribution in [0.1, 0.15) is 17.5 Å². The maximum atomic E-state index is 5.45. The molecular weight excluding hydrogens is 240 g/mol. The van der Waals surface area contributed by atoms with Gasteiger partial charge in [-0.1, -0.05) is 0 Å². The first kappa shape index (κ1) is 12.8. The first-order chi connectivity index (χ1) is 9.24. The SMILES string of the molecule is Cc1cc2c(cc1CCN(C)C1CCNC1)OCO2. The van der Waals surface area contributed by atoms with Crippen LogP contribution in [-0.2, 0) is 6.42 Å². The summed E-state index contributed by atoms with van der Waals surface area (Å²) in [7, 11) is 2.22. The molecule has 0 saturated carbocycles. The lowest BCUT2D eigenvalue weighted by Gasteiger charge is -2.23. The summed E-state index contributed by atoms with van der Waals surface area (Å²) < 4.78 is 10.9. The van der Waals surface area contributed by atoms with E-state index in [1.165, 1.54) is 17.5 Å². The van der Waals surface area contributed by atoms with E-state index in [-0.39, 0.29) is 0 Å². The van der Waals surface area contributed by atoms with Crippen LogP contribution < -0.4 is 14.8 Å². The van der Waals surface area contributed by atoms with Gasteiger partial charge in [0, 0.05) is 19.1 Å². The zero-order chi connectivity index (χ0) is 13.2. The Bertz CT molecular complexity index is 456. The molecular formula is C15H22N2O2. The Kier molecular flexibility index (Phi) is 3.62. The molecule has 4 heteroatoms. The summed E-state index contributed by atoms with van der Waals surface area (Å²) in [4.78, 5) is 2.46. The maximum Gasteiger partial charge on any atom is 0.231 e. The van der Waals surface area contributed by atoms with E-state index >= 15 is 0 Å². The molecule has 1 fully saturated rings. The molecule has 2 aliphatic heterocycles. The molecule has 4 nitrogen and oxygen atoms in total. The molecule has 19 heavy (non-hydrogen) atoms. The van der Waals surface area contributed by atoms with Crippen molar-refractivity contribution in [3.05, 3.63) is 23.3 Å². The van der Waals surface area contributed by atoms with Gasteiger partial charge < -0.3 is 19.7 Å². The summed E-state index contributed by atoms with van der Waals surface area (Å²) in [5, 5.41) is 3.42. The molecule has 0 bridgehead atoms. The van der Waals surface area contributed by atoms with Gasteiger partial charge in [0.15, 0.2) is 11.5 Å². The number of rotatable bonds is 4. The van der Waals surface area contributed by atoms with Crippen molar-refractivity contribution in [1.82, 2.24) is 10.2 Å². The monoisotopic (exact) mass is 262 g/mol. The zero-order valence-corrected chi connectivity index (χ0v) is 11.7. The highest BCUT2D eigenvalue weighted by Crippen LogP contribution is 2.34. The lowest BCUT2D eigenvalue weighted by Crippen LogP contribution is -2.34. The van der Waals surface area contributed by atoms with Gasteiger partial charge in [0.2, 0.25) is 6.79 Å². The summed E-state index contributed by atoms with van der Waals surface area (Å²) in [6.45, 7) is 5.86. The van der Waals surface area contributed by atoms with Crippen LogP contribution in [0.25, 0.3) is 0 Å². The second-order valence-electron chi connectivity index (χ2n) is 5.51. The van der Waals surface area contributed by atoms with Gasteiger partial charge in [-0.15, -0.1) is 0 Å². The van der Waals surface area contributed by atoms with Gasteiger partial charge in [-0.3, -0.25) is 0 Å². The van der Waals surface area contributed by atoms with Crippen LogP contribution >= 0.6 is 0 Å². The molecule has 2 heterocycles. The molecule has 2 aliphatic rings. The highest BCUT2D eigenvalue weighted by molar-refractivity contribution is 5.48. The van der Waals surface area contributed by atoms with E-state index < -0.39 is 0 Å². The van der Waals surface area contributed by atoms with E-state index in [0.29, 0.717) is 12.8 Å². The average Bonchev–Trinajstić information content (AvgIpc) is 3.06. The molecule has 1 atom stereocenters. The summed E-state index contributed by atoms with van der Waals surface area (Å²) >= 11 is 0. The number of benzene rings is 1. The summed E-state index contributed by atoms with van der Waals surface area (Å²) in [5.74, 6) is 1.78. The number of aryl methyl sites for hydroxylation is 1. The number of hydrogen-bond acceptors (Lipinski definition) is 4. The number of nitrogens with zero attached hydrogens (tertiary/aromatic N) is 1. The van der Waals surface area contributed by atoms with Gasteiger partial charge in [-0.25, -0.2) is 0 Å². The predicted molar refractivity (Wildman–Crippen MR) is 74.9 cm³/mol. The fourth-order valence-corrected chi connectivity index (χ4v) is 2.85. The lowest BCUT2D eigenvalue weighted by molar-refractivity contribution is 0.174. The van der Waals surface area contributed by atoms with Gasteiger partial charge >= 0.3 is 0 Å². The molecule has 1 unspecified atom stereocenters. The molecule has 1 N–H and O–H groups in total. The highest BCUT2D eigenvalue weighted by Gasteiger charge is 2.20. The highest BCUT2D eigenvalue weighted by atomic mass is 16.7. The first-order valence-electron chi connectivity index (χ1n) is 7.04. The van der Waals surface area contributed by atoms with Crippen molar-refractivity contribution in [1.29, 1.82) is 0 Å².